The summed E-state index contributed by atoms with van der Waals surface area (Å²) in [5.74, 6) is 1.07. The summed E-state index contributed by atoms with van der Waals surface area (Å²) in [6, 6.07) is 12.2. The molecule has 0 saturated heterocycles. The van der Waals surface area contributed by atoms with Gasteiger partial charge in [-0.25, -0.2) is 4.39 Å². The monoisotopic (exact) mass is 275 g/mol. The Morgan fingerprint density at radius 1 is 1.00 bits per heavy atom. The number of benzene rings is 2. The van der Waals surface area contributed by atoms with Gasteiger partial charge in [-0.3, -0.25) is 0 Å². The normalized spacial score (nSPS) is 11.8. The molecule has 0 aromatic heterocycles. The maximum Gasteiger partial charge on any atom is 0.161 e. The molecule has 0 amide bonds. The molecule has 1 unspecified atom stereocenters. The van der Waals surface area contributed by atoms with E-state index >= 15 is 0 Å². The highest BCUT2D eigenvalue weighted by Gasteiger charge is 2.11. The Hall–Kier alpha value is -2.23. The van der Waals surface area contributed by atoms with Gasteiger partial charge in [0.25, 0.3) is 0 Å². The molecule has 106 valence electrons. The molecule has 1 N–H and O–H groups in total. The van der Waals surface area contributed by atoms with Gasteiger partial charge in [0, 0.05) is 6.04 Å². The average Bonchev–Trinajstić information content (AvgIpc) is 2.48. The minimum absolute atomic E-state index is 0.0493. The minimum atomic E-state index is -0.264. The first kappa shape index (κ1) is 14.2. The van der Waals surface area contributed by atoms with E-state index in [4.69, 9.17) is 9.47 Å². The highest BCUT2D eigenvalue weighted by molar-refractivity contribution is 5.49. The van der Waals surface area contributed by atoms with Crippen LogP contribution in [0.3, 0.4) is 0 Å². The van der Waals surface area contributed by atoms with Crippen LogP contribution in [0.15, 0.2) is 42.5 Å². The maximum atomic E-state index is 13.6. The van der Waals surface area contributed by atoms with Crippen LogP contribution >= 0.6 is 0 Å². The van der Waals surface area contributed by atoms with Crippen LogP contribution < -0.4 is 14.8 Å². The molecule has 0 fully saturated rings. The summed E-state index contributed by atoms with van der Waals surface area (Å²) in [6.45, 7) is 1.97. The van der Waals surface area contributed by atoms with E-state index in [0.717, 1.165) is 5.56 Å². The molecule has 0 saturated carbocycles. The van der Waals surface area contributed by atoms with Gasteiger partial charge in [0.05, 0.1) is 19.9 Å². The fraction of sp³-hybridized carbons (Fsp3) is 0.250. The van der Waals surface area contributed by atoms with Crippen molar-refractivity contribution >= 4 is 5.69 Å². The van der Waals surface area contributed by atoms with Gasteiger partial charge in [-0.15, -0.1) is 0 Å². The van der Waals surface area contributed by atoms with E-state index in [0.29, 0.717) is 17.2 Å². The number of halogens is 1. The number of rotatable bonds is 5. The fourth-order valence-electron chi connectivity index (χ4n) is 2.02. The molecular weight excluding hydrogens is 257 g/mol. The van der Waals surface area contributed by atoms with Crippen molar-refractivity contribution in [3.8, 4) is 11.5 Å². The second-order valence-electron chi connectivity index (χ2n) is 4.46. The molecule has 3 nitrogen and oxygen atoms in total. The Bertz CT molecular complexity index is 586. The van der Waals surface area contributed by atoms with E-state index in [9.17, 15) is 4.39 Å². The van der Waals surface area contributed by atoms with Crippen molar-refractivity contribution in [2.24, 2.45) is 0 Å². The second-order valence-corrected chi connectivity index (χ2v) is 4.46. The standard InChI is InChI=1S/C16H18FNO2/c1-11(18-14-7-5-4-6-13(14)17)12-8-9-15(19-2)16(10-12)20-3/h4-11,18H,1-3H3. The number of hydrogen-bond acceptors (Lipinski definition) is 3. The molecule has 0 radical (unpaired) electrons. The van der Waals surface area contributed by atoms with E-state index < -0.39 is 0 Å². The number of ether oxygens (including phenoxy) is 2. The Labute approximate surface area is 118 Å². The lowest BCUT2D eigenvalue weighted by Crippen LogP contribution is -2.08. The Balaban J connectivity index is 2.21. The van der Waals surface area contributed by atoms with Crippen molar-refractivity contribution in [3.63, 3.8) is 0 Å². The van der Waals surface area contributed by atoms with Gasteiger partial charge in [-0.2, -0.15) is 0 Å². The summed E-state index contributed by atoms with van der Waals surface area (Å²) >= 11 is 0. The molecule has 0 aliphatic rings. The maximum absolute atomic E-state index is 13.6. The summed E-state index contributed by atoms with van der Waals surface area (Å²) in [6.07, 6.45) is 0. The molecule has 0 heterocycles. The topological polar surface area (TPSA) is 30.5 Å². The van der Waals surface area contributed by atoms with Gasteiger partial charge in [0.1, 0.15) is 5.82 Å². The SMILES string of the molecule is COc1ccc(C(C)Nc2ccccc2F)cc1OC. The van der Waals surface area contributed by atoms with E-state index in [1.807, 2.05) is 25.1 Å². The molecular formula is C16H18FNO2. The molecule has 0 bridgehead atoms. The second kappa shape index (κ2) is 6.28. The number of para-hydroxylation sites is 1. The smallest absolute Gasteiger partial charge is 0.161 e. The van der Waals surface area contributed by atoms with E-state index in [1.54, 1.807) is 32.4 Å². The largest absolute Gasteiger partial charge is 0.493 e. The van der Waals surface area contributed by atoms with Gasteiger partial charge in [0.2, 0.25) is 0 Å². The molecule has 2 aromatic carbocycles. The lowest BCUT2D eigenvalue weighted by atomic mass is 10.1. The van der Waals surface area contributed by atoms with Crippen LogP contribution in [0.2, 0.25) is 0 Å². The van der Waals surface area contributed by atoms with Crippen LogP contribution in [0.5, 0.6) is 11.5 Å². The Morgan fingerprint density at radius 2 is 1.70 bits per heavy atom. The number of anilines is 1. The zero-order valence-electron chi connectivity index (χ0n) is 11.8. The molecule has 1 atom stereocenters. The lowest BCUT2D eigenvalue weighted by Gasteiger charge is -2.18. The lowest BCUT2D eigenvalue weighted by molar-refractivity contribution is 0.354. The first-order valence-corrected chi connectivity index (χ1v) is 6.38. The van der Waals surface area contributed by atoms with Crippen LogP contribution in [0.1, 0.15) is 18.5 Å². The predicted molar refractivity (Wildman–Crippen MR) is 78.0 cm³/mol. The van der Waals surface area contributed by atoms with E-state index in [-0.39, 0.29) is 11.9 Å². The summed E-state index contributed by atoms with van der Waals surface area (Å²) in [5.41, 5.74) is 1.47. The summed E-state index contributed by atoms with van der Waals surface area (Å²) in [7, 11) is 3.19. The van der Waals surface area contributed by atoms with Gasteiger partial charge in [0.15, 0.2) is 11.5 Å². The minimum Gasteiger partial charge on any atom is -0.493 e. The molecule has 2 aromatic rings. The van der Waals surface area contributed by atoms with Crippen molar-refractivity contribution in [1.29, 1.82) is 0 Å². The third-order valence-electron chi connectivity index (χ3n) is 3.15. The molecule has 0 aliphatic heterocycles. The highest BCUT2D eigenvalue weighted by Crippen LogP contribution is 2.31. The van der Waals surface area contributed by atoms with Crippen molar-refractivity contribution in [2.45, 2.75) is 13.0 Å². The number of methoxy groups -OCH3 is 2. The molecule has 20 heavy (non-hydrogen) atoms. The zero-order valence-corrected chi connectivity index (χ0v) is 11.8. The van der Waals surface area contributed by atoms with Crippen molar-refractivity contribution in [2.75, 3.05) is 19.5 Å². The molecule has 0 aliphatic carbocycles. The van der Waals surface area contributed by atoms with Crippen molar-refractivity contribution < 1.29 is 13.9 Å². The Morgan fingerprint density at radius 3 is 2.35 bits per heavy atom. The average molecular weight is 275 g/mol. The van der Waals surface area contributed by atoms with Crippen LogP contribution in [0, 0.1) is 5.82 Å². The fourth-order valence-corrected chi connectivity index (χ4v) is 2.02. The van der Waals surface area contributed by atoms with Gasteiger partial charge >= 0.3 is 0 Å². The highest BCUT2D eigenvalue weighted by atomic mass is 19.1. The van der Waals surface area contributed by atoms with Crippen LogP contribution in [-0.2, 0) is 0 Å². The van der Waals surface area contributed by atoms with Crippen LogP contribution in [0.4, 0.5) is 10.1 Å². The van der Waals surface area contributed by atoms with Gasteiger partial charge in [-0.1, -0.05) is 18.2 Å². The van der Waals surface area contributed by atoms with Crippen molar-refractivity contribution in [3.05, 3.63) is 53.8 Å². The van der Waals surface area contributed by atoms with Crippen LogP contribution in [-0.4, -0.2) is 14.2 Å². The van der Waals surface area contributed by atoms with Gasteiger partial charge < -0.3 is 14.8 Å². The molecule has 4 heteroatoms. The van der Waals surface area contributed by atoms with Gasteiger partial charge in [-0.05, 0) is 36.8 Å². The predicted octanol–water partition coefficient (Wildman–Crippen LogP) is 4.02. The molecule has 0 spiro atoms. The number of hydrogen-bond donors (Lipinski definition) is 1. The summed E-state index contributed by atoms with van der Waals surface area (Å²) in [5, 5.41) is 3.14. The third-order valence-corrected chi connectivity index (χ3v) is 3.15. The first-order valence-electron chi connectivity index (χ1n) is 6.38. The van der Waals surface area contributed by atoms with Crippen molar-refractivity contribution in [1.82, 2.24) is 0 Å². The summed E-state index contributed by atoms with van der Waals surface area (Å²) < 4.78 is 24.1. The third kappa shape index (κ3) is 3.02. The quantitative estimate of drug-likeness (QED) is 0.894. The van der Waals surface area contributed by atoms with E-state index in [2.05, 4.69) is 5.32 Å². The van der Waals surface area contributed by atoms with Crippen LogP contribution in [0.25, 0.3) is 0 Å². The van der Waals surface area contributed by atoms with E-state index in [1.165, 1.54) is 6.07 Å². The molecule has 2 rings (SSSR count). The number of nitrogens with one attached hydrogen (secondary N) is 1. The zero-order chi connectivity index (χ0) is 14.5. The Kier molecular flexibility index (Phi) is 4.45. The summed E-state index contributed by atoms with van der Waals surface area (Å²) in [4.78, 5) is 0. The first-order chi connectivity index (χ1) is 9.65.